The molecule has 2 aliphatic heterocycles. The molecule has 3 atom stereocenters. The number of H-pyrrole nitrogens is 1. The Bertz CT molecular complexity index is 1120. The highest BCUT2D eigenvalue weighted by Gasteiger charge is 2.49. The van der Waals surface area contributed by atoms with E-state index in [1.165, 1.54) is 0 Å². The molecule has 146 valence electrons. The molecule has 0 spiro atoms. The highest BCUT2D eigenvalue weighted by Crippen LogP contribution is 2.49. The fraction of sp³-hybridized carbons (Fsp3) is 0.389. The van der Waals surface area contributed by atoms with Gasteiger partial charge in [0, 0.05) is 34.7 Å². The summed E-state index contributed by atoms with van der Waals surface area (Å²) in [5, 5.41) is 11.6. The molecule has 8 nitrogen and oxygen atoms in total. The first-order chi connectivity index (χ1) is 13.4. The van der Waals surface area contributed by atoms with Gasteiger partial charge in [-0.05, 0) is 44.0 Å². The number of benzene rings is 1. The molecular formula is C18H18ClN5O3S. The molecule has 28 heavy (non-hydrogen) atoms. The number of nitrogens with zero attached hydrogens (tertiary/aromatic N) is 4. The number of nitrogens with one attached hydrogen (secondary N) is 1. The Kier molecular flexibility index (Phi) is 4.08. The molecule has 3 aromatic rings. The van der Waals surface area contributed by atoms with E-state index in [2.05, 4.69) is 20.3 Å². The van der Waals surface area contributed by atoms with Crippen LogP contribution in [0.15, 0.2) is 39.9 Å². The van der Waals surface area contributed by atoms with Crippen LogP contribution in [0.25, 0.3) is 0 Å². The summed E-state index contributed by atoms with van der Waals surface area (Å²) >= 11 is 5.94. The van der Waals surface area contributed by atoms with Crippen molar-refractivity contribution in [3.8, 4) is 0 Å². The summed E-state index contributed by atoms with van der Waals surface area (Å²) in [6.45, 7) is 1.78. The Morgan fingerprint density at radius 3 is 2.75 bits per heavy atom. The standard InChI is InChI=1S/C18H18ClN5O3S/c1-10-21-18(27-23-10)11-6-13-8-16-15(9-20-22-16)17(7-11)24(13)28(25,26)14-4-2-12(19)3-5-14/h2-5,9,11,13,17H,6-8H2,1H3,(H,20,22)/t11?,13-,17+/m1/s1. The zero-order valence-corrected chi connectivity index (χ0v) is 16.6. The van der Waals surface area contributed by atoms with Gasteiger partial charge in [-0.3, -0.25) is 5.10 Å². The summed E-state index contributed by atoms with van der Waals surface area (Å²) in [5.74, 6) is 1.17. The molecule has 1 aromatic carbocycles. The van der Waals surface area contributed by atoms with E-state index < -0.39 is 10.0 Å². The Hall–Kier alpha value is -2.23. The highest BCUT2D eigenvalue weighted by molar-refractivity contribution is 7.89. The molecule has 4 heterocycles. The van der Waals surface area contributed by atoms with Crippen LogP contribution in [0.4, 0.5) is 0 Å². The van der Waals surface area contributed by atoms with Gasteiger partial charge in [-0.2, -0.15) is 14.4 Å². The van der Waals surface area contributed by atoms with Crippen molar-refractivity contribution < 1.29 is 12.9 Å². The van der Waals surface area contributed by atoms with Crippen molar-refractivity contribution in [3.63, 3.8) is 0 Å². The number of rotatable bonds is 3. The van der Waals surface area contributed by atoms with Crippen molar-refractivity contribution >= 4 is 21.6 Å². The molecule has 0 radical (unpaired) electrons. The SMILES string of the molecule is Cc1noc(C2C[C@@H]3Cc4[nH]ncc4[C@H](C2)N3S(=O)(=O)c2ccc(Cl)cc2)n1. The van der Waals surface area contributed by atoms with E-state index in [0.29, 0.717) is 36.0 Å². The Labute approximate surface area is 166 Å². The predicted octanol–water partition coefficient (Wildman–Crippen LogP) is 2.99. The summed E-state index contributed by atoms with van der Waals surface area (Å²) in [6, 6.07) is 5.75. The zero-order chi connectivity index (χ0) is 19.5. The van der Waals surface area contributed by atoms with E-state index in [1.54, 1.807) is 41.7 Å². The van der Waals surface area contributed by atoms with Crippen molar-refractivity contribution in [2.45, 2.75) is 49.1 Å². The molecule has 1 N–H and O–H groups in total. The number of aromatic nitrogens is 4. The molecule has 2 aliphatic rings. The Morgan fingerprint density at radius 1 is 1.25 bits per heavy atom. The predicted molar refractivity (Wildman–Crippen MR) is 100 cm³/mol. The maximum atomic E-state index is 13.5. The zero-order valence-electron chi connectivity index (χ0n) is 15.0. The number of fused-ring (bicyclic) bond motifs is 4. The van der Waals surface area contributed by atoms with Crippen LogP contribution in [0.1, 0.15) is 47.8 Å². The van der Waals surface area contributed by atoms with Gasteiger partial charge in [0.2, 0.25) is 15.9 Å². The van der Waals surface area contributed by atoms with Crippen LogP contribution >= 0.6 is 11.6 Å². The fourth-order valence-electron chi connectivity index (χ4n) is 4.37. The van der Waals surface area contributed by atoms with Gasteiger partial charge in [-0.1, -0.05) is 16.8 Å². The minimum atomic E-state index is -3.69. The van der Waals surface area contributed by atoms with E-state index in [1.807, 2.05) is 0 Å². The van der Waals surface area contributed by atoms with Crippen molar-refractivity contribution in [3.05, 3.63) is 58.5 Å². The van der Waals surface area contributed by atoms with Crippen molar-refractivity contribution in [1.82, 2.24) is 24.6 Å². The molecular weight excluding hydrogens is 402 g/mol. The molecule has 1 fully saturated rings. The van der Waals surface area contributed by atoms with Gasteiger partial charge >= 0.3 is 0 Å². The van der Waals surface area contributed by atoms with E-state index in [-0.39, 0.29) is 22.9 Å². The first-order valence-corrected chi connectivity index (χ1v) is 10.9. The third-order valence-corrected chi connectivity index (χ3v) is 7.79. The van der Waals surface area contributed by atoms with E-state index in [9.17, 15) is 8.42 Å². The molecule has 1 saturated heterocycles. The summed E-state index contributed by atoms with van der Waals surface area (Å²) in [7, 11) is -3.69. The van der Waals surface area contributed by atoms with Gasteiger partial charge in [-0.15, -0.1) is 0 Å². The molecule has 5 rings (SSSR count). The number of sulfonamides is 1. The first-order valence-electron chi connectivity index (χ1n) is 9.05. The molecule has 10 heteroatoms. The lowest BCUT2D eigenvalue weighted by Gasteiger charge is -2.46. The van der Waals surface area contributed by atoms with E-state index in [4.69, 9.17) is 16.1 Å². The van der Waals surface area contributed by atoms with Crippen molar-refractivity contribution in [2.75, 3.05) is 0 Å². The van der Waals surface area contributed by atoms with Gasteiger partial charge in [0.15, 0.2) is 5.82 Å². The number of aryl methyl sites for hydroxylation is 1. The molecule has 0 amide bonds. The largest absolute Gasteiger partial charge is 0.339 e. The van der Waals surface area contributed by atoms with Gasteiger partial charge in [0.1, 0.15) is 0 Å². The minimum Gasteiger partial charge on any atom is -0.339 e. The monoisotopic (exact) mass is 419 g/mol. The molecule has 0 aliphatic carbocycles. The third kappa shape index (κ3) is 2.76. The number of piperidine rings is 1. The van der Waals surface area contributed by atoms with Crippen LogP contribution in [0, 0.1) is 6.92 Å². The van der Waals surface area contributed by atoms with E-state index >= 15 is 0 Å². The van der Waals surface area contributed by atoms with Gasteiger partial charge in [-0.25, -0.2) is 8.42 Å². The summed E-state index contributed by atoms with van der Waals surface area (Å²) in [5.41, 5.74) is 1.91. The maximum Gasteiger partial charge on any atom is 0.243 e. The van der Waals surface area contributed by atoms with Crippen LogP contribution in [-0.4, -0.2) is 39.1 Å². The van der Waals surface area contributed by atoms with Gasteiger partial charge < -0.3 is 4.52 Å². The van der Waals surface area contributed by atoms with Crippen LogP contribution < -0.4 is 0 Å². The second-order valence-corrected chi connectivity index (χ2v) is 9.59. The number of hydrogen-bond acceptors (Lipinski definition) is 6. The lowest BCUT2D eigenvalue weighted by molar-refractivity contribution is 0.132. The van der Waals surface area contributed by atoms with Gasteiger partial charge in [0.05, 0.1) is 17.1 Å². The number of halogens is 1. The fourth-order valence-corrected chi connectivity index (χ4v) is 6.31. The maximum absolute atomic E-state index is 13.5. The lowest BCUT2D eigenvalue weighted by atomic mass is 9.79. The second-order valence-electron chi connectivity index (χ2n) is 7.31. The number of hydrogen-bond donors (Lipinski definition) is 1. The van der Waals surface area contributed by atoms with Crippen LogP contribution in [-0.2, 0) is 16.4 Å². The number of aromatic amines is 1. The molecule has 2 bridgehead atoms. The average molecular weight is 420 g/mol. The van der Waals surface area contributed by atoms with Crippen LogP contribution in [0.3, 0.4) is 0 Å². The van der Waals surface area contributed by atoms with Crippen molar-refractivity contribution in [2.24, 2.45) is 0 Å². The summed E-state index contributed by atoms with van der Waals surface area (Å²) in [6.07, 6.45) is 3.48. The molecule has 1 unspecified atom stereocenters. The summed E-state index contributed by atoms with van der Waals surface area (Å²) in [4.78, 5) is 4.62. The Morgan fingerprint density at radius 2 is 2.04 bits per heavy atom. The lowest BCUT2D eigenvalue weighted by Crippen LogP contribution is -2.51. The summed E-state index contributed by atoms with van der Waals surface area (Å²) < 4.78 is 34.0. The molecule has 2 aromatic heterocycles. The highest BCUT2D eigenvalue weighted by atomic mass is 35.5. The molecule has 0 saturated carbocycles. The third-order valence-electron chi connectivity index (χ3n) is 5.56. The van der Waals surface area contributed by atoms with Gasteiger partial charge in [0.25, 0.3) is 0 Å². The first kappa shape index (κ1) is 17.8. The average Bonchev–Trinajstić information content (AvgIpc) is 3.30. The minimum absolute atomic E-state index is 0.0101. The second kappa shape index (κ2) is 6.40. The van der Waals surface area contributed by atoms with Crippen molar-refractivity contribution in [1.29, 1.82) is 0 Å². The smallest absolute Gasteiger partial charge is 0.243 e. The normalized spacial score (nSPS) is 24.9. The van der Waals surface area contributed by atoms with Crippen LogP contribution in [0.5, 0.6) is 0 Å². The van der Waals surface area contributed by atoms with E-state index in [0.717, 1.165) is 11.3 Å². The Balaban J connectivity index is 1.57. The van der Waals surface area contributed by atoms with Crippen LogP contribution in [0.2, 0.25) is 5.02 Å². The topological polar surface area (TPSA) is 105 Å². The quantitative estimate of drug-likeness (QED) is 0.699.